The Labute approximate surface area is 173 Å². The molecule has 1 saturated heterocycles. The summed E-state index contributed by atoms with van der Waals surface area (Å²) in [6, 6.07) is 13.1. The number of nitrogens with one attached hydrogen (secondary N) is 1. The molecule has 1 atom stereocenters. The van der Waals surface area contributed by atoms with Crippen LogP contribution in [0.4, 0.5) is 0 Å². The lowest BCUT2D eigenvalue weighted by Crippen LogP contribution is -2.39. The highest BCUT2D eigenvalue weighted by Gasteiger charge is 2.29. The molecule has 148 valence electrons. The van der Waals surface area contributed by atoms with Crippen molar-refractivity contribution in [3.05, 3.63) is 64.9 Å². The SMILES string of the molecule is O=C(c1ccc2c(c1)OCO2)N1CCC[C@@H](c2[nH]ncc2-c2cccc(Cl)c2)C1. The topological polar surface area (TPSA) is 67.5 Å². The lowest BCUT2D eigenvalue weighted by Gasteiger charge is -2.33. The highest BCUT2D eigenvalue weighted by molar-refractivity contribution is 6.30. The zero-order valence-corrected chi connectivity index (χ0v) is 16.5. The zero-order chi connectivity index (χ0) is 19.8. The minimum Gasteiger partial charge on any atom is -0.454 e. The molecule has 7 heteroatoms. The Morgan fingerprint density at radius 2 is 2.07 bits per heavy atom. The van der Waals surface area contributed by atoms with Gasteiger partial charge in [0.15, 0.2) is 11.5 Å². The number of amides is 1. The van der Waals surface area contributed by atoms with Crippen LogP contribution in [0.15, 0.2) is 48.7 Å². The standard InChI is InChI=1S/C22H20ClN3O3/c23-17-5-1-3-14(9-17)18-11-24-25-21(18)16-4-2-8-26(12-16)22(27)15-6-7-19-20(10-15)29-13-28-19/h1,3,5-7,9-11,16H,2,4,8,12-13H2,(H,24,25)/t16-/m1/s1. The van der Waals surface area contributed by atoms with E-state index < -0.39 is 0 Å². The molecule has 0 bridgehead atoms. The average Bonchev–Trinajstić information content (AvgIpc) is 3.42. The number of likely N-dealkylation sites (tertiary alicyclic amines) is 1. The molecule has 5 rings (SSSR count). The zero-order valence-electron chi connectivity index (χ0n) is 15.7. The van der Waals surface area contributed by atoms with E-state index >= 15 is 0 Å². The van der Waals surface area contributed by atoms with Crippen molar-refractivity contribution in [1.82, 2.24) is 15.1 Å². The Morgan fingerprint density at radius 3 is 2.97 bits per heavy atom. The molecule has 6 nitrogen and oxygen atoms in total. The van der Waals surface area contributed by atoms with Crippen LogP contribution in [-0.4, -0.2) is 40.9 Å². The molecule has 3 aromatic rings. The van der Waals surface area contributed by atoms with E-state index in [4.69, 9.17) is 21.1 Å². The first kappa shape index (κ1) is 18.1. The number of aromatic nitrogens is 2. The van der Waals surface area contributed by atoms with E-state index in [0.29, 0.717) is 28.6 Å². The van der Waals surface area contributed by atoms with Crippen LogP contribution in [0.5, 0.6) is 11.5 Å². The highest BCUT2D eigenvalue weighted by atomic mass is 35.5. The second kappa shape index (κ2) is 7.44. The van der Waals surface area contributed by atoms with Crippen LogP contribution in [0.3, 0.4) is 0 Å². The molecule has 2 aliphatic rings. The number of hydrogen-bond donors (Lipinski definition) is 1. The molecule has 3 heterocycles. The van der Waals surface area contributed by atoms with E-state index in [0.717, 1.165) is 36.2 Å². The molecule has 1 fully saturated rings. The van der Waals surface area contributed by atoms with Crippen molar-refractivity contribution in [2.24, 2.45) is 0 Å². The number of aromatic amines is 1. The van der Waals surface area contributed by atoms with Gasteiger partial charge < -0.3 is 14.4 Å². The molecule has 1 N–H and O–H groups in total. The van der Waals surface area contributed by atoms with E-state index in [1.54, 1.807) is 18.2 Å². The first-order valence-electron chi connectivity index (χ1n) is 9.67. The number of hydrogen-bond acceptors (Lipinski definition) is 4. The minimum atomic E-state index is 0.0109. The van der Waals surface area contributed by atoms with Gasteiger partial charge in [-0.1, -0.05) is 23.7 Å². The summed E-state index contributed by atoms with van der Waals surface area (Å²) < 4.78 is 10.8. The van der Waals surface area contributed by atoms with E-state index in [1.165, 1.54) is 0 Å². The van der Waals surface area contributed by atoms with Crippen LogP contribution in [-0.2, 0) is 0 Å². The van der Waals surface area contributed by atoms with Gasteiger partial charge in [0.25, 0.3) is 5.91 Å². The first-order valence-corrected chi connectivity index (χ1v) is 10.0. The van der Waals surface area contributed by atoms with Gasteiger partial charge in [0.2, 0.25) is 6.79 Å². The molecule has 1 amide bonds. The molecule has 1 aromatic heterocycles. The van der Waals surface area contributed by atoms with Gasteiger partial charge in [0.1, 0.15) is 0 Å². The second-order valence-electron chi connectivity index (χ2n) is 7.37. The van der Waals surface area contributed by atoms with Crippen LogP contribution >= 0.6 is 11.6 Å². The average molecular weight is 410 g/mol. The summed E-state index contributed by atoms with van der Waals surface area (Å²) in [6.07, 6.45) is 3.77. The summed E-state index contributed by atoms with van der Waals surface area (Å²) in [7, 11) is 0. The number of fused-ring (bicyclic) bond motifs is 1. The van der Waals surface area contributed by atoms with Crippen LogP contribution in [0.2, 0.25) is 5.02 Å². The number of piperidine rings is 1. The van der Waals surface area contributed by atoms with Crippen molar-refractivity contribution in [3.63, 3.8) is 0 Å². The number of nitrogens with zero attached hydrogens (tertiary/aromatic N) is 2. The molecule has 0 radical (unpaired) electrons. The van der Waals surface area contributed by atoms with E-state index in [1.807, 2.05) is 35.4 Å². The monoisotopic (exact) mass is 409 g/mol. The molecular formula is C22H20ClN3O3. The third-order valence-electron chi connectivity index (χ3n) is 5.54. The smallest absolute Gasteiger partial charge is 0.254 e. The quantitative estimate of drug-likeness (QED) is 0.692. The largest absolute Gasteiger partial charge is 0.454 e. The molecule has 0 saturated carbocycles. The van der Waals surface area contributed by atoms with Gasteiger partial charge in [-0.3, -0.25) is 9.89 Å². The Kier molecular flexibility index (Phi) is 4.64. The normalized spacial score (nSPS) is 18.1. The number of benzene rings is 2. The fraction of sp³-hybridized carbons (Fsp3) is 0.273. The summed E-state index contributed by atoms with van der Waals surface area (Å²) in [4.78, 5) is 15.0. The molecule has 0 aliphatic carbocycles. The molecule has 0 unspecified atom stereocenters. The van der Waals surface area contributed by atoms with Crippen LogP contribution in [0.25, 0.3) is 11.1 Å². The van der Waals surface area contributed by atoms with Gasteiger partial charge in [-0.15, -0.1) is 0 Å². The number of ether oxygens (including phenoxy) is 2. The summed E-state index contributed by atoms with van der Waals surface area (Å²) >= 11 is 6.17. The number of carbonyl (C=O) groups is 1. The van der Waals surface area contributed by atoms with Crippen molar-refractivity contribution in [3.8, 4) is 22.6 Å². The van der Waals surface area contributed by atoms with Crippen molar-refractivity contribution >= 4 is 17.5 Å². The minimum absolute atomic E-state index is 0.0109. The molecule has 0 spiro atoms. The van der Waals surface area contributed by atoms with E-state index in [-0.39, 0.29) is 18.6 Å². The maximum atomic E-state index is 13.1. The summed E-state index contributed by atoms with van der Waals surface area (Å²) in [5.74, 6) is 1.51. The van der Waals surface area contributed by atoms with Crippen LogP contribution in [0.1, 0.15) is 34.8 Å². The molecule has 2 aromatic carbocycles. The van der Waals surface area contributed by atoms with Gasteiger partial charge >= 0.3 is 0 Å². The van der Waals surface area contributed by atoms with Gasteiger partial charge in [-0.25, -0.2) is 0 Å². The van der Waals surface area contributed by atoms with Gasteiger partial charge in [-0.2, -0.15) is 5.10 Å². The Balaban J connectivity index is 1.38. The molecular weight excluding hydrogens is 390 g/mol. The number of halogens is 1. The fourth-order valence-corrected chi connectivity index (χ4v) is 4.29. The first-order chi connectivity index (χ1) is 14.2. The van der Waals surface area contributed by atoms with Crippen molar-refractivity contribution in [2.45, 2.75) is 18.8 Å². The Hall–Kier alpha value is -2.99. The Bertz CT molecular complexity index is 1060. The van der Waals surface area contributed by atoms with Crippen molar-refractivity contribution < 1.29 is 14.3 Å². The van der Waals surface area contributed by atoms with Crippen LogP contribution in [0, 0.1) is 0 Å². The number of rotatable bonds is 3. The number of H-pyrrole nitrogens is 1. The van der Waals surface area contributed by atoms with Crippen LogP contribution < -0.4 is 9.47 Å². The molecule has 29 heavy (non-hydrogen) atoms. The fourth-order valence-electron chi connectivity index (χ4n) is 4.10. The highest BCUT2D eigenvalue weighted by Crippen LogP contribution is 2.36. The lowest BCUT2D eigenvalue weighted by atomic mass is 9.90. The van der Waals surface area contributed by atoms with Crippen molar-refractivity contribution in [1.29, 1.82) is 0 Å². The maximum absolute atomic E-state index is 13.1. The summed E-state index contributed by atoms with van der Waals surface area (Å²) in [6.45, 7) is 1.58. The predicted octanol–water partition coefficient (Wildman–Crippen LogP) is 4.48. The van der Waals surface area contributed by atoms with E-state index in [2.05, 4.69) is 10.2 Å². The lowest BCUT2D eigenvalue weighted by molar-refractivity contribution is 0.0705. The molecule has 2 aliphatic heterocycles. The third-order valence-corrected chi connectivity index (χ3v) is 5.78. The Morgan fingerprint density at radius 1 is 1.17 bits per heavy atom. The maximum Gasteiger partial charge on any atom is 0.254 e. The van der Waals surface area contributed by atoms with E-state index in [9.17, 15) is 4.79 Å². The third kappa shape index (κ3) is 3.44. The second-order valence-corrected chi connectivity index (χ2v) is 7.80. The summed E-state index contributed by atoms with van der Waals surface area (Å²) in [5, 5.41) is 8.12. The van der Waals surface area contributed by atoms with Gasteiger partial charge in [-0.05, 0) is 48.7 Å². The summed E-state index contributed by atoms with van der Waals surface area (Å²) in [5.41, 5.74) is 3.74. The number of carbonyl (C=O) groups excluding carboxylic acids is 1. The van der Waals surface area contributed by atoms with Crippen molar-refractivity contribution in [2.75, 3.05) is 19.9 Å². The van der Waals surface area contributed by atoms with Gasteiger partial charge in [0.05, 0.1) is 6.20 Å². The van der Waals surface area contributed by atoms with Gasteiger partial charge in [0, 0.05) is 40.9 Å². The predicted molar refractivity (Wildman–Crippen MR) is 109 cm³/mol.